The zero-order valence-electron chi connectivity index (χ0n) is 11.1. The van der Waals surface area contributed by atoms with Gasteiger partial charge in [-0.1, -0.05) is 24.6 Å². The van der Waals surface area contributed by atoms with Gasteiger partial charge in [0.05, 0.1) is 0 Å². The normalized spacial score (nSPS) is 22.5. The van der Waals surface area contributed by atoms with Crippen molar-refractivity contribution in [2.75, 3.05) is 0 Å². The van der Waals surface area contributed by atoms with Crippen LogP contribution in [0.4, 0.5) is 4.39 Å². The number of oxime groups is 1. The average molecular weight is 265 g/mol. The first-order valence-electron chi connectivity index (χ1n) is 6.65. The second kappa shape index (κ2) is 6.02. The zero-order valence-corrected chi connectivity index (χ0v) is 11.1. The van der Waals surface area contributed by atoms with Gasteiger partial charge in [0.1, 0.15) is 5.82 Å². The summed E-state index contributed by atoms with van der Waals surface area (Å²) in [6, 6.07) is 4.90. The van der Waals surface area contributed by atoms with E-state index in [1.54, 1.807) is 6.07 Å². The van der Waals surface area contributed by atoms with Gasteiger partial charge in [-0.2, -0.15) is 0 Å². The summed E-state index contributed by atoms with van der Waals surface area (Å²) in [5, 5.41) is 15.1. The number of rotatable bonds is 6. The summed E-state index contributed by atoms with van der Waals surface area (Å²) in [7, 11) is 0. The fraction of sp³-hybridized carbons (Fsp3) is 0.500. The first-order valence-corrected chi connectivity index (χ1v) is 6.65. The summed E-state index contributed by atoms with van der Waals surface area (Å²) in [5.41, 5.74) is 6.86. The molecule has 1 saturated carbocycles. The van der Waals surface area contributed by atoms with Crippen molar-refractivity contribution < 1.29 is 9.60 Å². The van der Waals surface area contributed by atoms with Crippen molar-refractivity contribution in [2.45, 2.75) is 38.8 Å². The van der Waals surface area contributed by atoms with Crippen molar-refractivity contribution in [1.82, 2.24) is 5.32 Å². The zero-order chi connectivity index (χ0) is 13.8. The number of nitrogens with zero attached hydrogens (tertiary/aromatic N) is 1. The number of hydrogen-bond acceptors (Lipinski definition) is 3. The number of nitrogens with one attached hydrogen (secondary N) is 1. The molecule has 0 heterocycles. The van der Waals surface area contributed by atoms with Crippen molar-refractivity contribution in [3.05, 3.63) is 35.1 Å². The Morgan fingerprint density at radius 1 is 1.58 bits per heavy atom. The van der Waals surface area contributed by atoms with E-state index in [2.05, 4.69) is 17.4 Å². The van der Waals surface area contributed by atoms with E-state index < -0.39 is 0 Å². The van der Waals surface area contributed by atoms with Gasteiger partial charge in [-0.3, -0.25) is 0 Å². The van der Waals surface area contributed by atoms with Gasteiger partial charge in [0.25, 0.3) is 0 Å². The van der Waals surface area contributed by atoms with E-state index in [1.807, 2.05) is 0 Å². The molecular weight excluding hydrogens is 245 g/mol. The predicted molar refractivity (Wildman–Crippen MR) is 72.6 cm³/mol. The molecule has 0 aliphatic heterocycles. The smallest absolute Gasteiger partial charge is 0.170 e. The third-order valence-electron chi connectivity index (χ3n) is 3.59. The van der Waals surface area contributed by atoms with Crippen molar-refractivity contribution in [3.63, 3.8) is 0 Å². The van der Waals surface area contributed by atoms with Crippen molar-refractivity contribution in [3.8, 4) is 0 Å². The van der Waals surface area contributed by atoms with Crippen LogP contribution < -0.4 is 11.1 Å². The fourth-order valence-corrected chi connectivity index (χ4v) is 2.42. The van der Waals surface area contributed by atoms with E-state index in [9.17, 15) is 4.39 Å². The van der Waals surface area contributed by atoms with Crippen LogP contribution in [0.15, 0.2) is 23.4 Å². The Balaban J connectivity index is 2.00. The third-order valence-corrected chi connectivity index (χ3v) is 3.59. The molecule has 104 valence electrons. The van der Waals surface area contributed by atoms with E-state index >= 15 is 0 Å². The highest BCUT2D eigenvalue weighted by molar-refractivity contribution is 5.98. The number of nitrogens with two attached hydrogens (primary N) is 1. The van der Waals surface area contributed by atoms with E-state index in [0.717, 1.165) is 11.5 Å². The molecule has 2 atom stereocenters. The van der Waals surface area contributed by atoms with Crippen LogP contribution in [-0.2, 0) is 6.54 Å². The molecule has 1 aliphatic carbocycles. The van der Waals surface area contributed by atoms with Crippen LogP contribution in [0, 0.1) is 11.7 Å². The lowest BCUT2D eigenvalue weighted by molar-refractivity contribution is 0.318. The van der Waals surface area contributed by atoms with Crippen molar-refractivity contribution >= 4 is 5.84 Å². The Kier molecular flexibility index (Phi) is 4.37. The Morgan fingerprint density at radius 3 is 3.05 bits per heavy atom. The molecular formula is C14H20FN3O. The maximum atomic E-state index is 13.2. The number of benzene rings is 1. The van der Waals surface area contributed by atoms with Gasteiger partial charge in [-0.05, 0) is 36.5 Å². The lowest BCUT2D eigenvalue weighted by atomic mass is 10.1. The van der Waals surface area contributed by atoms with Gasteiger partial charge in [-0.25, -0.2) is 4.39 Å². The predicted octanol–water partition coefficient (Wildman–Crippen LogP) is 2.20. The van der Waals surface area contributed by atoms with Crippen molar-refractivity contribution in [2.24, 2.45) is 16.8 Å². The lowest BCUT2D eigenvalue weighted by Crippen LogP contribution is -2.22. The van der Waals surface area contributed by atoms with Crippen LogP contribution in [0.5, 0.6) is 0 Å². The van der Waals surface area contributed by atoms with Gasteiger partial charge in [0, 0.05) is 18.2 Å². The summed E-state index contributed by atoms with van der Waals surface area (Å²) < 4.78 is 13.2. The topological polar surface area (TPSA) is 70.6 Å². The number of amidine groups is 1. The number of hydrogen-bond donors (Lipinski definition) is 3. The highest BCUT2D eigenvalue weighted by Gasteiger charge is 2.35. The summed E-state index contributed by atoms with van der Waals surface area (Å²) >= 11 is 0. The summed E-state index contributed by atoms with van der Waals surface area (Å²) in [6.07, 6.45) is 3.65. The molecule has 0 bridgehead atoms. The summed E-state index contributed by atoms with van der Waals surface area (Å²) in [4.78, 5) is 0. The number of halogens is 1. The van der Waals surface area contributed by atoms with Crippen LogP contribution in [0.25, 0.3) is 0 Å². The average Bonchev–Trinajstić information content (AvgIpc) is 3.15. The lowest BCUT2D eigenvalue weighted by Gasteiger charge is -2.10. The first kappa shape index (κ1) is 13.8. The molecule has 19 heavy (non-hydrogen) atoms. The van der Waals surface area contributed by atoms with E-state index in [4.69, 9.17) is 10.9 Å². The van der Waals surface area contributed by atoms with Gasteiger partial charge in [0.15, 0.2) is 5.84 Å². The Hall–Kier alpha value is -1.62. The molecule has 0 spiro atoms. The van der Waals surface area contributed by atoms with Crippen LogP contribution in [0.1, 0.15) is 37.3 Å². The van der Waals surface area contributed by atoms with Crippen LogP contribution >= 0.6 is 0 Å². The summed E-state index contributed by atoms with van der Waals surface area (Å²) in [6.45, 7) is 2.79. The minimum absolute atomic E-state index is 0.0581. The molecule has 0 saturated heterocycles. The Bertz CT molecular complexity index is 476. The maximum absolute atomic E-state index is 13.2. The second-order valence-electron chi connectivity index (χ2n) is 5.06. The highest BCUT2D eigenvalue weighted by Crippen LogP contribution is 2.34. The quantitative estimate of drug-likeness (QED) is 0.319. The SMILES string of the molecule is CCCC1CC1NCc1ccc(F)cc1/C(N)=N/O. The molecule has 2 rings (SSSR count). The fourth-order valence-electron chi connectivity index (χ4n) is 2.42. The molecule has 0 radical (unpaired) electrons. The minimum atomic E-state index is -0.388. The Labute approximate surface area is 112 Å². The molecule has 4 nitrogen and oxygen atoms in total. The second-order valence-corrected chi connectivity index (χ2v) is 5.06. The molecule has 1 aromatic rings. The molecule has 5 heteroatoms. The molecule has 0 aromatic heterocycles. The standard InChI is InChI=1S/C14H20FN3O/c1-2-3-9-6-13(9)17-8-10-4-5-11(15)7-12(10)14(16)18-19/h4-5,7,9,13,17,19H,2-3,6,8H2,1H3,(H2,16,18). The van der Waals surface area contributed by atoms with Crippen molar-refractivity contribution in [1.29, 1.82) is 0 Å². The molecule has 2 unspecified atom stereocenters. The third kappa shape index (κ3) is 3.44. The first-order chi connectivity index (χ1) is 9.15. The molecule has 1 fully saturated rings. The van der Waals surface area contributed by atoms with Crippen LogP contribution in [0.2, 0.25) is 0 Å². The Morgan fingerprint density at radius 2 is 2.37 bits per heavy atom. The van der Waals surface area contributed by atoms with E-state index in [-0.39, 0.29) is 11.7 Å². The molecule has 1 aliphatic rings. The van der Waals surface area contributed by atoms with Gasteiger partial charge in [0.2, 0.25) is 0 Å². The van der Waals surface area contributed by atoms with Gasteiger partial charge < -0.3 is 16.3 Å². The molecule has 4 N–H and O–H groups in total. The van der Waals surface area contributed by atoms with Crippen LogP contribution in [0.3, 0.4) is 0 Å². The highest BCUT2D eigenvalue weighted by atomic mass is 19.1. The molecule has 0 amide bonds. The largest absolute Gasteiger partial charge is 0.409 e. The van der Waals surface area contributed by atoms with Gasteiger partial charge >= 0.3 is 0 Å². The summed E-state index contributed by atoms with van der Waals surface area (Å²) in [5.74, 6) is 0.315. The van der Waals surface area contributed by atoms with Crippen LogP contribution in [-0.4, -0.2) is 17.1 Å². The minimum Gasteiger partial charge on any atom is -0.409 e. The monoisotopic (exact) mass is 265 g/mol. The van der Waals surface area contributed by atoms with E-state index in [0.29, 0.717) is 18.2 Å². The molecule has 1 aromatic carbocycles. The maximum Gasteiger partial charge on any atom is 0.170 e. The van der Waals surface area contributed by atoms with E-state index in [1.165, 1.54) is 31.4 Å². The van der Waals surface area contributed by atoms with Gasteiger partial charge in [-0.15, -0.1) is 0 Å².